The smallest absolute Gasteiger partial charge is 0.249 e. The molecule has 9 heteroatoms. The third-order valence-corrected chi connectivity index (χ3v) is 6.32. The van der Waals surface area contributed by atoms with Crippen LogP contribution in [0, 0.1) is 5.95 Å². The van der Waals surface area contributed by atoms with Gasteiger partial charge in [-0.1, -0.05) is 26.2 Å². The zero-order valence-electron chi connectivity index (χ0n) is 16.5. The molecule has 29 heavy (non-hydrogen) atoms. The van der Waals surface area contributed by atoms with Crippen LogP contribution in [0.15, 0.2) is 48.0 Å². The molecule has 0 radical (unpaired) electrons. The number of hydrazone groups is 1. The van der Waals surface area contributed by atoms with E-state index in [0.29, 0.717) is 28.9 Å². The predicted octanol–water partition coefficient (Wildman–Crippen LogP) is 3.71. The molecule has 0 saturated carbocycles. The van der Waals surface area contributed by atoms with Crippen molar-refractivity contribution < 1.29 is 12.8 Å². The van der Waals surface area contributed by atoms with E-state index in [9.17, 15) is 12.8 Å². The van der Waals surface area contributed by atoms with Gasteiger partial charge in [0, 0.05) is 30.6 Å². The normalized spacial score (nSPS) is 12.1. The maximum absolute atomic E-state index is 14.0. The Morgan fingerprint density at radius 2 is 2.03 bits per heavy atom. The molecule has 3 heterocycles. The van der Waals surface area contributed by atoms with Crippen molar-refractivity contribution in [2.75, 3.05) is 12.8 Å². The number of fused-ring (bicyclic) bond motifs is 1. The molecule has 3 aromatic heterocycles. The van der Waals surface area contributed by atoms with E-state index in [-0.39, 0.29) is 5.75 Å². The molecule has 0 atom stereocenters. The van der Waals surface area contributed by atoms with Crippen molar-refractivity contribution in [1.29, 1.82) is 0 Å². The van der Waals surface area contributed by atoms with Crippen molar-refractivity contribution >= 4 is 21.9 Å². The zero-order valence-corrected chi connectivity index (χ0v) is 17.3. The number of sulfonamides is 1. The number of halogens is 1. The van der Waals surface area contributed by atoms with E-state index in [1.807, 2.05) is 0 Å². The molecule has 154 valence electrons. The van der Waals surface area contributed by atoms with E-state index in [4.69, 9.17) is 0 Å². The number of pyridine rings is 2. The van der Waals surface area contributed by atoms with E-state index in [2.05, 4.69) is 22.0 Å². The standard InChI is InChI=1S/C20H24FN5O2S/c1-3-4-5-6-12-29(27,28)25(2)24-14-17-13-23-19-10-9-16(15-26(17)19)18-8-7-11-22-20(18)21/h7-11,13-15H,3-6,12H2,1-2H3. The van der Waals surface area contributed by atoms with E-state index >= 15 is 0 Å². The van der Waals surface area contributed by atoms with Gasteiger partial charge in [-0.25, -0.2) is 18.4 Å². The van der Waals surface area contributed by atoms with Gasteiger partial charge < -0.3 is 0 Å². The van der Waals surface area contributed by atoms with Crippen LogP contribution in [-0.2, 0) is 10.0 Å². The molecule has 0 saturated heterocycles. The lowest BCUT2D eigenvalue weighted by Gasteiger charge is -2.13. The van der Waals surface area contributed by atoms with E-state index < -0.39 is 16.0 Å². The van der Waals surface area contributed by atoms with Crippen molar-refractivity contribution in [3.63, 3.8) is 0 Å². The summed E-state index contributed by atoms with van der Waals surface area (Å²) in [5.74, 6) is -0.491. The lowest BCUT2D eigenvalue weighted by Crippen LogP contribution is -2.24. The minimum atomic E-state index is -3.46. The van der Waals surface area contributed by atoms with Crippen LogP contribution in [0.25, 0.3) is 16.8 Å². The van der Waals surface area contributed by atoms with Gasteiger partial charge in [0.1, 0.15) is 5.65 Å². The summed E-state index contributed by atoms with van der Waals surface area (Å²) >= 11 is 0. The molecular weight excluding hydrogens is 393 g/mol. The van der Waals surface area contributed by atoms with Crippen LogP contribution in [0.2, 0.25) is 0 Å². The highest BCUT2D eigenvalue weighted by Crippen LogP contribution is 2.22. The van der Waals surface area contributed by atoms with E-state index in [0.717, 1.165) is 23.7 Å². The van der Waals surface area contributed by atoms with Gasteiger partial charge in [0.15, 0.2) is 0 Å². The largest absolute Gasteiger partial charge is 0.298 e. The monoisotopic (exact) mass is 417 g/mol. The Balaban J connectivity index is 1.81. The predicted molar refractivity (Wildman–Crippen MR) is 112 cm³/mol. The molecule has 0 amide bonds. The number of unbranched alkanes of at least 4 members (excludes halogenated alkanes) is 3. The molecule has 0 aliphatic heterocycles. The highest BCUT2D eigenvalue weighted by molar-refractivity contribution is 7.89. The molecule has 0 bridgehead atoms. The van der Waals surface area contributed by atoms with E-state index in [1.54, 1.807) is 41.1 Å². The number of aromatic nitrogens is 3. The van der Waals surface area contributed by atoms with Gasteiger partial charge in [0.05, 0.1) is 23.9 Å². The maximum atomic E-state index is 14.0. The molecule has 0 N–H and O–H groups in total. The van der Waals surface area contributed by atoms with Crippen molar-refractivity contribution in [2.24, 2.45) is 5.10 Å². The minimum Gasteiger partial charge on any atom is -0.298 e. The molecule has 7 nitrogen and oxygen atoms in total. The molecule has 0 unspecified atom stereocenters. The third kappa shape index (κ3) is 4.97. The third-order valence-electron chi connectivity index (χ3n) is 4.62. The van der Waals surface area contributed by atoms with Gasteiger partial charge >= 0.3 is 0 Å². The second kappa shape index (κ2) is 9.13. The fourth-order valence-electron chi connectivity index (χ4n) is 2.91. The number of rotatable bonds is 9. The molecule has 0 aliphatic carbocycles. The molecule has 3 aromatic rings. The second-order valence-electron chi connectivity index (χ2n) is 6.73. The van der Waals surface area contributed by atoms with Gasteiger partial charge in [-0.2, -0.15) is 13.9 Å². The lowest BCUT2D eigenvalue weighted by molar-refractivity contribution is 0.487. The minimum absolute atomic E-state index is 0.0679. The van der Waals surface area contributed by atoms with Crippen molar-refractivity contribution in [3.8, 4) is 11.1 Å². The van der Waals surface area contributed by atoms with Gasteiger partial charge in [-0.3, -0.25) is 4.40 Å². The Kier molecular flexibility index (Phi) is 6.58. The lowest BCUT2D eigenvalue weighted by atomic mass is 10.1. The number of imidazole rings is 1. The van der Waals surface area contributed by atoms with Crippen molar-refractivity contribution in [3.05, 3.63) is 54.5 Å². The fourth-order valence-corrected chi connectivity index (χ4v) is 3.94. The first-order valence-corrected chi connectivity index (χ1v) is 11.1. The Hall–Kier alpha value is -2.81. The van der Waals surface area contributed by atoms with Crippen LogP contribution in [0.1, 0.15) is 38.3 Å². The van der Waals surface area contributed by atoms with Crippen LogP contribution < -0.4 is 0 Å². The molecule has 0 spiro atoms. The van der Waals surface area contributed by atoms with Crippen LogP contribution in [-0.4, -0.2) is 46.2 Å². The number of nitrogens with zero attached hydrogens (tertiary/aromatic N) is 5. The number of hydrogen-bond acceptors (Lipinski definition) is 5. The second-order valence-corrected chi connectivity index (χ2v) is 8.83. The molecule has 0 aromatic carbocycles. The average molecular weight is 418 g/mol. The number of hydrogen-bond donors (Lipinski definition) is 0. The van der Waals surface area contributed by atoms with Gasteiger partial charge in [0.2, 0.25) is 16.0 Å². The summed E-state index contributed by atoms with van der Waals surface area (Å²) in [6.45, 7) is 2.08. The summed E-state index contributed by atoms with van der Waals surface area (Å²) in [7, 11) is -2.03. The molecule has 0 fully saturated rings. The van der Waals surface area contributed by atoms with Crippen molar-refractivity contribution in [1.82, 2.24) is 18.8 Å². The first kappa shape index (κ1) is 20.9. The first-order chi connectivity index (χ1) is 13.9. The Labute approximate surface area is 170 Å². The summed E-state index contributed by atoms with van der Waals surface area (Å²) in [4.78, 5) is 7.96. The molecule has 3 rings (SSSR count). The van der Waals surface area contributed by atoms with Crippen LogP contribution in [0.3, 0.4) is 0 Å². The Morgan fingerprint density at radius 3 is 2.79 bits per heavy atom. The zero-order chi connectivity index (χ0) is 20.9. The summed E-state index contributed by atoms with van der Waals surface area (Å²) in [5.41, 5.74) is 2.23. The van der Waals surface area contributed by atoms with Crippen molar-refractivity contribution in [2.45, 2.75) is 32.6 Å². The SMILES string of the molecule is CCCCCCS(=O)(=O)N(C)N=Cc1cnc2ccc(-c3cccnc3F)cn12. The van der Waals surface area contributed by atoms with Gasteiger partial charge in [0.25, 0.3) is 0 Å². The first-order valence-electron chi connectivity index (χ1n) is 9.51. The highest BCUT2D eigenvalue weighted by atomic mass is 32.2. The van der Waals surface area contributed by atoms with Crippen LogP contribution >= 0.6 is 0 Å². The van der Waals surface area contributed by atoms with Gasteiger partial charge in [-0.15, -0.1) is 0 Å². The van der Waals surface area contributed by atoms with Gasteiger partial charge in [-0.05, 0) is 30.7 Å². The molecular formula is C20H24FN5O2S. The summed E-state index contributed by atoms with van der Waals surface area (Å²) < 4.78 is 41.4. The topological polar surface area (TPSA) is 79.9 Å². The van der Waals surface area contributed by atoms with E-state index in [1.165, 1.54) is 19.5 Å². The summed E-state index contributed by atoms with van der Waals surface area (Å²) in [5, 5.41) is 4.08. The summed E-state index contributed by atoms with van der Waals surface area (Å²) in [6.07, 6.45) is 9.71. The average Bonchev–Trinajstić information content (AvgIpc) is 3.12. The van der Waals surface area contributed by atoms with Crippen LogP contribution in [0.5, 0.6) is 0 Å². The molecule has 0 aliphatic rings. The fraction of sp³-hybridized carbons (Fsp3) is 0.350. The Morgan fingerprint density at radius 1 is 1.21 bits per heavy atom. The van der Waals surface area contributed by atoms with Crippen LogP contribution in [0.4, 0.5) is 4.39 Å². The summed E-state index contributed by atoms with van der Waals surface area (Å²) in [6, 6.07) is 6.83. The maximum Gasteiger partial charge on any atom is 0.249 e. The highest BCUT2D eigenvalue weighted by Gasteiger charge is 2.15. The Bertz CT molecular complexity index is 1110. The quantitative estimate of drug-likeness (QED) is 0.230.